The fraction of sp³-hybridized carbons (Fsp3) is 0.429. The van der Waals surface area contributed by atoms with Crippen LogP contribution in [-0.4, -0.2) is 35.4 Å². The molecule has 2 aromatic rings. The van der Waals surface area contributed by atoms with Crippen molar-refractivity contribution < 1.29 is 13.9 Å². The molecule has 2 heterocycles. The van der Waals surface area contributed by atoms with Crippen LogP contribution in [0.25, 0.3) is 0 Å². The van der Waals surface area contributed by atoms with Gasteiger partial charge in [0.25, 0.3) is 5.91 Å². The molecule has 1 amide bonds. The van der Waals surface area contributed by atoms with Crippen LogP contribution < -0.4 is 5.32 Å². The zero-order valence-corrected chi connectivity index (χ0v) is 11.5. The number of carbonyl (C=O) groups is 1. The first-order valence-electron chi connectivity index (χ1n) is 6.71. The molecule has 1 N–H and O–H groups in total. The first-order valence-corrected chi connectivity index (χ1v) is 6.71. The number of nitrogens with one attached hydrogen (secondary N) is 1. The van der Waals surface area contributed by atoms with Crippen LogP contribution in [0.15, 0.2) is 35.0 Å². The maximum absolute atomic E-state index is 11.8. The molecule has 0 spiro atoms. The largest absolute Gasteiger partial charge is 0.454 e. The van der Waals surface area contributed by atoms with Gasteiger partial charge in [-0.25, -0.2) is 0 Å². The molecule has 0 aliphatic carbocycles. The normalized spacial score (nSPS) is 10.7. The second-order valence-electron chi connectivity index (χ2n) is 4.28. The number of furan rings is 1. The monoisotopic (exact) mass is 277 g/mol. The molecule has 0 aliphatic rings. The molecule has 20 heavy (non-hydrogen) atoms. The molecule has 108 valence electrons. The van der Waals surface area contributed by atoms with Crippen molar-refractivity contribution in [2.75, 3.05) is 19.8 Å². The molecule has 0 aromatic carbocycles. The fourth-order valence-corrected chi connectivity index (χ4v) is 1.75. The average molecular weight is 277 g/mol. The molecule has 0 bridgehead atoms. The molecule has 6 heteroatoms. The van der Waals surface area contributed by atoms with Gasteiger partial charge in [0.05, 0.1) is 6.54 Å². The Kier molecular flexibility index (Phi) is 5.37. The average Bonchev–Trinajstić information content (AvgIpc) is 3.10. The highest BCUT2D eigenvalue weighted by molar-refractivity contribution is 5.91. The van der Waals surface area contributed by atoms with E-state index in [-0.39, 0.29) is 5.91 Å². The second kappa shape index (κ2) is 7.49. The van der Waals surface area contributed by atoms with E-state index in [0.29, 0.717) is 37.8 Å². The van der Waals surface area contributed by atoms with E-state index in [1.54, 1.807) is 23.0 Å². The number of hydrogen-bond acceptors (Lipinski definition) is 4. The number of amides is 1. The van der Waals surface area contributed by atoms with Crippen molar-refractivity contribution in [3.8, 4) is 0 Å². The standard InChI is InChI=1S/C14H19N3O3/c1-2-19-10-4-7-15-14(18)13-6-5-12(20-13)11-17-9-3-8-16-17/h3,5-6,8-9H,2,4,7,10-11H2,1H3,(H,15,18). The van der Waals surface area contributed by atoms with E-state index in [1.807, 2.05) is 19.2 Å². The Labute approximate surface area is 117 Å². The van der Waals surface area contributed by atoms with Crippen LogP contribution in [0.5, 0.6) is 0 Å². The number of rotatable bonds is 8. The van der Waals surface area contributed by atoms with Crippen LogP contribution >= 0.6 is 0 Å². The predicted molar refractivity (Wildman–Crippen MR) is 73.5 cm³/mol. The zero-order chi connectivity index (χ0) is 14.2. The van der Waals surface area contributed by atoms with Crippen LogP contribution in [0.2, 0.25) is 0 Å². The van der Waals surface area contributed by atoms with Gasteiger partial charge in [0.1, 0.15) is 5.76 Å². The van der Waals surface area contributed by atoms with E-state index in [4.69, 9.17) is 9.15 Å². The van der Waals surface area contributed by atoms with Crippen molar-refractivity contribution in [3.63, 3.8) is 0 Å². The molecule has 2 aromatic heterocycles. The van der Waals surface area contributed by atoms with Crippen molar-refractivity contribution in [1.82, 2.24) is 15.1 Å². The van der Waals surface area contributed by atoms with Gasteiger partial charge in [-0.3, -0.25) is 9.48 Å². The summed E-state index contributed by atoms with van der Waals surface area (Å²) in [4.78, 5) is 11.8. The summed E-state index contributed by atoms with van der Waals surface area (Å²) in [6.07, 6.45) is 4.34. The first-order chi connectivity index (χ1) is 9.79. The number of ether oxygens (including phenoxy) is 1. The molecule has 2 rings (SSSR count). The van der Waals surface area contributed by atoms with E-state index in [1.165, 1.54) is 0 Å². The summed E-state index contributed by atoms with van der Waals surface area (Å²) in [5, 5.41) is 6.88. The minimum absolute atomic E-state index is 0.201. The van der Waals surface area contributed by atoms with Crippen LogP contribution in [0, 0.1) is 0 Å². The Morgan fingerprint density at radius 1 is 1.50 bits per heavy atom. The summed E-state index contributed by atoms with van der Waals surface area (Å²) < 4.78 is 12.4. The van der Waals surface area contributed by atoms with Crippen LogP contribution in [0.4, 0.5) is 0 Å². The Morgan fingerprint density at radius 2 is 2.40 bits per heavy atom. The minimum Gasteiger partial charge on any atom is -0.454 e. The van der Waals surface area contributed by atoms with Gasteiger partial charge in [-0.1, -0.05) is 0 Å². The molecule has 0 aliphatic heterocycles. The summed E-state index contributed by atoms with van der Waals surface area (Å²) >= 11 is 0. The lowest BCUT2D eigenvalue weighted by molar-refractivity contribution is 0.0915. The Morgan fingerprint density at radius 3 is 3.15 bits per heavy atom. The fourth-order valence-electron chi connectivity index (χ4n) is 1.75. The van der Waals surface area contributed by atoms with Crippen LogP contribution in [0.3, 0.4) is 0 Å². The van der Waals surface area contributed by atoms with Crippen molar-refractivity contribution in [2.24, 2.45) is 0 Å². The van der Waals surface area contributed by atoms with Gasteiger partial charge in [-0.2, -0.15) is 5.10 Å². The van der Waals surface area contributed by atoms with Gasteiger partial charge < -0.3 is 14.5 Å². The number of aromatic nitrogens is 2. The van der Waals surface area contributed by atoms with Gasteiger partial charge in [0.2, 0.25) is 0 Å². The van der Waals surface area contributed by atoms with E-state index in [2.05, 4.69) is 10.4 Å². The molecule has 6 nitrogen and oxygen atoms in total. The summed E-state index contributed by atoms with van der Waals surface area (Å²) in [7, 11) is 0. The van der Waals surface area contributed by atoms with Gasteiger partial charge in [0, 0.05) is 32.2 Å². The molecule has 0 saturated carbocycles. The molecular weight excluding hydrogens is 258 g/mol. The lowest BCUT2D eigenvalue weighted by Crippen LogP contribution is -2.24. The quantitative estimate of drug-likeness (QED) is 0.745. The van der Waals surface area contributed by atoms with Crippen molar-refractivity contribution in [1.29, 1.82) is 0 Å². The molecule has 0 unspecified atom stereocenters. The Hall–Kier alpha value is -2.08. The van der Waals surface area contributed by atoms with Gasteiger partial charge in [-0.05, 0) is 31.5 Å². The molecule has 0 atom stereocenters. The topological polar surface area (TPSA) is 69.3 Å². The maximum Gasteiger partial charge on any atom is 0.286 e. The van der Waals surface area contributed by atoms with Crippen molar-refractivity contribution in [2.45, 2.75) is 19.9 Å². The SMILES string of the molecule is CCOCCCNC(=O)c1ccc(Cn2cccn2)o1. The van der Waals surface area contributed by atoms with Crippen LogP contribution in [0.1, 0.15) is 29.7 Å². The third kappa shape index (κ3) is 4.24. The molecular formula is C14H19N3O3. The highest BCUT2D eigenvalue weighted by Crippen LogP contribution is 2.09. The smallest absolute Gasteiger partial charge is 0.286 e. The highest BCUT2D eigenvalue weighted by Gasteiger charge is 2.10. The van der Waals surface area contributed by atoms with E-state index in [9.17, 15) is 4.79 Å². The zero-order valence-electron chi connectivity index (χ0n) is 11.5. The van der Waals surface area contributed by atoms with Gasteiger partial charge >= 0.3 is 0 Å². The number of carbonyl (C=O) groups excluding carboxylic acids is 1. The highest BCUT2D eigenvalue weighted by atomic mass is 16.5. The third-order valence-corrected chi connectivity index (χ3v) is 2.72. The summed E-state index contributed by atoms with van der Waals surface area (Å²) in [6, 6.07) is 5.31. The lowest BCUT2D eigenvalue weighted by Gasteiger charge is -2.03. The third-order valence-electron chi connectivity index (χ3n) is 2.72. The summed E-state index contributed by atoms with van der Waals surface area (Å²) in [5.74, 6) is 0.824. The number of nitrogens with zero attached hydrogens (tertiary/aromatic N) is 2. The van der Waals surface area contributed by atoms with E-state index >= 15 is 0 Å². The van der Waals surface area contributed by atoms with Gasteiger partial charge in [0.15, 0.2) is 5.76 Å². The molecule has 0 saturated heterocycles. The molecule has 0 fully saturated rings. The predicted octanol–water partition coefficient (Wildman–Crippen LogP) is 1.68. The van der Waals surface area contributed by atoms with Crippen molar-refractivity contribution >= 4 is 5.91 Å². The summed E-state index contributed by atoms with van der Waals surface area (Å²) in [6.45, 7) is 4.39. The second-order valence-corrected chi connectivity index (χ2v) is 4.28. The maximum atomic E-state index is 11.8. The van der Waals surface area contributed by atoms with E-state index in [0.717, 1.165) is 6.42 Å². The summed E-state index contributed by atoms with van der Waals surface area (Å²) in [5.41, 5.74) is 0. The minimum atomic E-state index is -0.201. The van der Waals surface area contributed by atoms with Gasteiger partial charge in [-0.15, -0.1) is 0 Å². The Balaban J connectivity index is 1.77. The molecule has 0 radical (unpaired) electrons. The van der Waals surface area contributed by atoms with Crippen molar-refractivity contribution in [3.05, 3.63) is 42.1 Å². The first kappa shape index (κ1) is 14.3. The number of hydrogen-bond donors (Lipinski definition) is 1. The Bertz CT molecular complexity index is 520. The lowest BCUT2D eigenvalue weighted by atomic mass is 10.4. The van der Waals surface area contributed by atoms with E-state index < -0.39 is 0 Å². The van der Waals surface area contributed by atoms with Crippen LogP contribution in [-0.2, 0) is 11.3 Å².